The SMILES string of the molecule is C#CC(C)CC(C)(C)C. The Morgan fingerprint density at radius 2 is 1.89 bits per heavy atom. The molecule has 0 N–H and O–H groups in total. The van der Waals surface area contributed by atoms with Crippen LogP contribution in [0, 0.1) is 23.7 Å². The van der Waals surface area contributed by atoms with Crippen LogP contribution in [0.5, 0.6) is 0 Å². The first kappa shape index (κ1) is 8.56. The average Bonchev–Trinajstić information content (AvgIpc) is 1.62. The van der Waals surface area contributed by atoms with Crippen molar-refractivity contribution in [2.24, 2.45) is 11.3 Å². The molecular formula is C9H16. The van der Waals surface area contributed by atoms with Crippen LogP contribution in [0.15, 0.2) is 0 Å². The minimum absolute atomic E-state index is 0.381. The molecule has 0 rings (SSSR count). The van der Waals surface area contributed by atoms with Gasteiger partial charge in [0.2, 0.25) is 0 Å². The van der Waals surface area contributed by atoms with E-state index >= 15 is 0 Å². The maximum Gasteiger partial charge on any atom is 0.0176 e. The van der Waals surface area contributed by atoms with Gasteiger partial charge in [0.25, 0.3) is 0 Å². The fraction of sp³-hybridized carbons (Fsp3) is 0.778. The van der Waals surface area contributed by atoms with E-state index < -0.39 is 0 Å². The molecule has 52 valence electrons. The van der Waals surface area contributed by atoms with E-state index in [1.165, 1.54) is 0 Å². The van der Waals surface area contributed by atoms with E-state index in [4.69, 9.17) is 6.42 Å². The largest absolute Gasteiger partial charge is 0.120 e. The van der Waals surface area contributed by atoms with Gasteiger partial charge in [0.15, 0.2) is 0 Å². The van der Waals surface area contributed by atoms with Crippen LogP contribution < -0.4 is 0 Å². The zero-order valence-corrected chi connectivity index (χ0v) is 6.86. The molecule has 1 unspecified atom stereocenters. The van der Waals surface area contributed by atoms with E-state index in [0.29, 0.717) is 11.3 Å². The van der Waals surface area contributed by atoms with Crippen molar-refractivity contribution in [2.45, 2.75) is 34.1 Å². The molecule has 0 aliphatic heterocycles. The molecule has 0 heteroatoms. The maximum atomic E-state index is 5.23. The Morgan fingerprint density at radius 3 is 2.00 bits per heavy atom. The second-order valence-corrected chi connectivity index (χ2v) is 3.83. The Morgan fingerprint density at radius 1 is 1.44 bits per heavy atom. The Balaban J connectivity index is 3.63. The van der Waals surface area contributed by atoms with Gasteiger partial charge in [0, 0.05) is 5.92 Å². The van der Waals surface area contributed by atoms with Gasteiger partial charge in [-0.3, -0.25) is 0 Å². The molecule has 0 aromatic rings. The molecule has 0 saturated heterocycles. The lowest BCUT2D eigenvalue weighted by molar-refractivity contribution is 0.342. The van der Waals surface area contributed by atoms with E-state index in [1.54, 1.807) is 0 Å². The maximum absolute atomic E-state index is 5.23. The quantitative estimate of drug-likeness (QED) is 0.471. The van der Waals surface area contributed by atoms with Crippen LogP contribution in [0.2, 0.25) is 0 Å². The molecule has 0 amide bonds. The molecule has 0 saturated carbocycles. The lowest BCUT2D eigenvalue weighted by Gasteiger charge is -2.19. The summed E-state index contributed by atoms with van der Waals surface area (Å²) >= 11 is 0. The normalized spacial score (nSPS) is 14.6. The lowest BCUT2D eigenvalue weighted by atomic mass is 9.86. The highest BCUT2D eigenvalue weighted by Gasteiger charge is 2.12. The average molecular weight is 124 g/mol. The van der Waals surface area contributed by atoms with Crippen molar-refractivity contribution in [1.82, 2.24) is 0 Å². The van der Waals surface area contributed by atoms with Gasteiger partial charge in [-0.05, 0) is 11.8 Å². The van der Waals surface area contributed by atoms with Gasteiger partial charge in [0.05, 0.1) is 0 Å². The molecule has 0 aromatic carbocycles. The Kier molecular flexibility index (Phi) is 2.77. The van der Waals surface area contributed by atoms with Crippen LogP contribution in [-0.4, -0.2) is 0 Å². The molecule has 9 heavy (non-hydrogen) atoms. The van der Waals surface area contributed by atoms with E-state index in [9.17, 15) is 0 Å². The monoisotopic (exact) mass is 124 g/mol. The summed E-state index contributed by atoms with van der Waals surface area (Å²) in [4.78, 5) is 0. The molecule has 0 fully saturated rings. The summed E-state index contributed by atoms with van der Waals surface area (Å²) in [5.41, 5.74) is 0.381. The third kappa shape index (κ3) is 5.43. The fourth-order valence-corrected chi connectivity index (χ4v) is 0.977. The van der Waals surface area contributed by atoms with Crippen molar-refractivity contribution < 1.29 is 0 Å². The molecule has 0 nitrogen and oxygen atoms in total. The second-order valence-electron chi connectivity index (χ2n) is 3.83. The van der Waals surface area contributed by atoms with E-state index in [1.807, 2.05) is 0 Å². The third-order valence-electron chi connectivity index (χ3n) is 1.20. The highest BCUT2D eigenvalue weighted by atomic mass is 14.2. The fourth-order valence-electron chi connectivity index (χ4n) is 0.977. The summed E-state index contributed by atoms with van der Waals surface area (Å²) in [6.07, 6.45) is 6.34. The summed E-state index contributed by atoms with van der Waals surface area (Å²) in [6.45, 7) is 8.72. The molecule has 1 atom stereocenters. The summed E-state index contributed by atoms with van der Waals surface area (Å²) < 4.78 is 0. The molecule has 0 radical (unpaired) electrons. The smallest absolute Gasteiger partial charge is 0.0176 e. The van der Waals surface area contributed by atoms with Gasteiger partial charge >= 0.3 is 0 Å². The molecule has 0 aliphatic carbocycles. The minimum Gasteiger partial charge on any atom is -0.120 e. The number of rotatable bonds is 1. The minimum atomic E-state index is 0.381. The lowest BCUT2D eigenvalue weighted by Crippen LogP contribution is -2.09. The van der Waals surface area contributed by atoms with Crippen LogP contribution in [0.1, 0.15) is 34.1 Å². The molecule has 0 spiro atoms. The van der Waals surface area contributed by atoms with E-state index in [2.05, 4.69) is 33.6 Å². The first-order chi connectivity index (χ1) is 3.95. The van der Waals surface area contributed by atoms with Crippen LogP contribution >= 0.6 is 0 Å². The summed E-state index contributed by atoms with van der Waals surface area (Å²) in [5, 5.41) is 0. The highest BCUT2D eigenvalue weighted by Crippen LogP contribution is 2.23. The number of hydrogen-bond donors (Lipinski definition) is 0. The van der Waals surface area contributed by atoms with Gasteiger partial charge in [0.1, 0.15) is 0 Å². The van der Waals surface area contributed by atoms with Crippen LogP contribution in [-0.2, 0) is 0 Å². The van der Waals surface area contributed by atoms with Gasteiger partial charge in [-0.2, -0.15) is 0 Å². The Hall–Kier alpha value is -0.440. The predicted octanol–water partition coefficient (Wildman–Crippen LogP) is 2.69. The molecule has 0 bridgehead atoms. The van der Waals surface area contributed by atoms with Crippen molar-refractivity contribution in [1.29, 1.82) is 0 Å². The zero-order chi connectivity index (χ0) is 7.49. The first-order valence-corrected chi connectivity index (χ1v) is 3.42. The highest BCUT2D eigenvalue weighted by molar-refractivity contribution is 4.91. The van der Waals surface area contributed by atoms with Crippen molar-refractivity contribution >= 4 is 0 Å². The Bertz CT molecular complexity index is 109. The third-order valence-corrected chi connectivity index (χ3v) is 1.20. The topological polar surface area (TPSA) is 0 Å². The van der Waals surface area contributed by atoms with Crippen LogP contribution in [0.4, 0.5) is 0 Å². The van der Waals surface area contributed by atoms with E-state index in [-0.39, 0.29) is 0 Å². The standard InChI is InChI=1S/C9H16/c1-6-8(2)7-9(3,4)5/h1,8H,7H2,2-5H3. The van der Waals surface area contributed by atoms with Crippen molar-refractivity contribution in [3.63, 3.8) is 0 Å². The second kappa shape index (κ2) is 2.92. The molecule has 0 aromatic heterocycles. The number of terminal acetylenes is 1. The summed E-state index contributed by atoms with van der Waals surface area (Å²) in [6, 6.07) is 0. The van der Waals surface area contributed by atoms with Gasteiger partial charge in [-0.15, -0.1) is 12.3 Å². The molecule has 0 aliphatic rings. The molecule has 0 heterocycles. The van der Waals surface area contributed by atoms with Crippen molar-refractivity contribution in [3.05, 3.63) is 0 Å². The van der Waals surface area contributed by atoms with Gasteiger partial charge in [-0.1, -0.05) is 27.7 Å². The summed E-state index contributed by atoms with van der Waals surface area (Å²) in [7, 11) is 0. The first-order valence-electron chi connectivity index (χ1n) is 3.42. The van der Waals surface area contributed by atoms with Crippen LogP contribution in [0.3, 0.4) is 0 Å². The molecular weight excluding hydrogens is 108 g/mol. The van der Waals surface area contributed by atoms with Crippen molar-refractivity contribution in [2.75, 3.05) is 0 Å². The number of hydrogen-bond acceptors (Lipinski definition) is 0. The zero-order valence-electron chi connectivity index (χ0n) is 6.86. The van der Waals surface area contributed by atoms with Gasteiger partial charge < -0.3 is 0 Å². The Labute approximate surface area is 58.7 Å². The van der Waals surface area contributed by atoms with Gasteiger partial charge in [-0.25, -0.2) is 0 Å². The summed E-state index contributed by atoms with van der Waals surface area (Å²) in [5.74, 6) is 3.14. The predicted molar refractivity (Wildman–Crippen MR) is 42.1 cm³/mol. The van der Waals surface area contributed by atoms with E-state index in [0.717, 1.165) is 6.42 Å². The van der Waals surface area contributed by atoms with Crippen molar-refractivity contribution in [3.8, 4) is 12.3 Å². The van der Waals surface area contributed by atoms with Crippen LogP contribution in [0.25, 0.3) is 0 Å².